The Hall–Kier alpha value is -2.44. The van der Waals surface area contributed by atoms with E-state index in [4.69, 9.17) is 10.2 Å². The quantitative estimate of drug-likeness (QED) is 0.622. The Labute approximate surface area is 169 Å². The van der Waals surface area contributed by atoms with Crippen LogP contribution in [0.15, 0.2) is 54.0 Å². The van der Waals surface area contributed by atoms with Gasteiger partial charge in [-0.15, -0.1) is 11.3 Å². The SMILES string of the molecule is O=C(O)C1CCC(NCc2cn(Cc3ccccc3)nc2-c2cccs2)CC1. The van der Waals surface area contributed by atoms with E-state index in [9.17, 15) is 4.79 Å². The molecule has 1 saturated carbocycles. The third-order valence-electron chi connectivity index (χ3n) is 5.44. The number of nitrogens with one attached hydrogen (secondary N) is 1. The maximum absolute atomic E-state index is 11.1. The summed E-state index contributed by atoms with van der Waals surface area (Å²) in [5.74, 6) is -0.825. The maximum atomic E-state index is 11.1. The number of carboxylic acid groups (broad SMARTS) is 1. The molecule has 2 aromatic heterocycles. The molecule has 28 heavy (non-hydrogen) atoms. The molecule has 0 unspecified atom stereocenters. The predicted octanol–water partition coefficient (Wildman–Crippen LogP) is 4.39. The fourth-order valence-corrected chi connectivity index (χ4v) is 4.61. The Bertz CT molecular complexity index is 897. The van der Waals surface area contributed by atoms with Gasteiger partial charge in [-0.1, -0.05) is 36.4 Å². The van der Waals surface area contributed by atoms with Gasteiger partial charge in [-0.2, -0.15) is 5.10 Å². The number of aliphatic carboxylic acids is 1. The van der Waals surface area contributed by atoms with Crippen LogP contribution in [-0.2, 0) is 17.9 Å². The molecule has 0 amide bonds. The molecule has 3 aromatic rings. The van der Waals surface area contributed by atoms with Crippen molar-refractivity contribution in [1.82, 2.24) is 15.1 Å². The van der Waals surface area contributed by atoms with Crippen LogP contribution in [0, 0.1) is 5.92 Å². The first-order chi connectivity index (χ1) is 13.7. The Balaban J connectivity index is 1.45. The molecule has 1 aromatic carbocycles. The van der Waals surface area contributed by atoms with Gasteiger partial charge in [0.25, 0.3) is 0 Å². The topological polar surface area (TPSA) is 67.2 Å². The van der Waals surface area contributed by atoms with E-state index in [0.29, 0.717) is 6.04 Å². The molecule has 0 saturated heterocycles. The van der Waals surface area contributed by atoms with Crippen molar-refractivity contribution in [2.24, 2.45) is 5.92 Å². The van der Waals surface area contributed by atoms with Gasteiger partial charge >= 0.3 is 5.97 Å². The van der Waals surface area contributed by atoms with E-state index in [2.05, 4.69) is 53.3 Å². The third-order valence-corrected chi connectivity index (χ3v) is 6.31. The van der Waals surface area contributed by atoms with Gasteiger partial charge in [0, 0.05) is 24.3 Å². The molecule has 4 rings (SSSR count). The fraction of sp³-hybridized carbons (Fsp3) is 0.364. The summed E-state index contributed by atoms with van der Waals surface area (Å²) >= 11 is 1.71. The zero-order valence-corrected chi connectivity index (χ0v) is 16.6. The number of nitrogens with zero attached hydrogens (tertiary/aromatic N) is 2. The zero-order valence-electron chi connectivity index (χ0n) is 15.8. The van der Waals surface area contributed by atoms with Crippen LogP contribution >= 0.6 is 11.3 Å². The highest BCUT2D eigenvalue weighted by Gasteiger charge is 2.26. The van der Waals surface area contributed by atoms with E-state index in [-0.39, 0.29) is 5.92 Å². The number of carboxylic acids is 1. The van der Waals surface area contributed by atoms with Crippen molar-refractivity contribution in [3.63, 3.8) is 0 Å². The molecule has 1 fully saturated rings. The highest BCUT2D eigenvalue weighted by molar-refractivity contribution is 7.13. The van der Waals surface area contributed by atoms with Crippen LogP contribution in [0.25, 0.3) is 10.6 Å². The van der Waals surface area contributed by atoms with Crippen molar-refractivity contribution in [2.75, 3.05) is 0 Å². The lowest BCUT2D eigenvalue weighted by molar-refractivity contribution is -0.142. The van der Waals surface area contributed by atoms with Gasteiger partial charge < -0.3 is 10.4 Å². The minimum absolute atomic E-state index is 0.173. The van der Waals surface area contributed by atoms with Crippen LogP contribution in [0.2, 0.25) is 0 Å². The van der Waals surface area contributed by atoms with Crippen molar-refractivity contribution in [2.45, 2.75) is 44.8 Å². The van der Waals surface area contributed by atoms with E-state index in [0.717, 1.165) is 44.5 Å². The van der Waals surface area contributed by atoms with Gasteiger partial charge in [0.2, 0.25) is 0 Å². The molecule has 6 heteroatoms. The van der Waals surface area contributed by atoms with Crippen LogP contribution in [0.4, 0.5) is 0 Å². The highest BCUT2D eigenvalue weighted by Crippen LogP contribution is 2.28. The first kappa shape index (κ1) is 18.9. The number of thiophene rings is 1. The summed E-state index contributed by atoms with van der Waals surface area (Å²) in [4.78, 5) is 12.3. The molecule has 1 aliphatic carbocycles. The van der Waals surface area contributed by atoms with Crippen LogP contribution < -0.4 is 5.32 Å². The number of carbonyl (C=O) groups is 1. The molecule has 0 radical (unpaired) electrons. The summed E-state index contributed by atoms with van der Waals surface area (Å²) in [5.41, 5.74) is 3.46. The van der Waals surface area contributed by atoms with E-state index < -0.39 is 5.97 Å². The van der Waals surface area contributed by atoms with E-state index >= 15 is 0 Å². The lowest BCUT2D eigenvalue weighted by Gasteiger charge is -2.26. The average Bonchev–Trinajstić information content (AvgIpc) is 3.37. The highest BCUT2D eigenvalue weighted by atomic mass is 32.1. The summed E-state index contributed by atoms with van der Waals surface area (Å²) in [7, 11) is 0. The van der Waals surface area contributed by atoms with Crippen molar-refractivity contribution in [3.8, 4) is 10.6 Å². The number of rotatable bonds is 7. The Morgan fingerprint density at radius 2 is 1.93 bits per heavy atom. The predicted molar refractivity (Wildman–Crippen MR) is 111 cm³/mol. The minimum atomic E-state index is -0.652. The number of benzene rings is 1. The summed E-state index contributed by atoms with van der Waals surface area (Å²) in [6, 6.07) is 14.9. The summed E-state index contributed by atoms with van der Waals surface area (Å²) in [5, 5.41) is 19.7. The molecule has 0 bridgehead atoms. The standard InChI is InChI=1S/C22H25N3O2S/c26-22(27)17-8-10-19(11-9-17)23-13-18-15-25(14-16-5-2-1-3-6-16)24-21(18)20-7-4-12-28-20/h1-7,12,15,17,19,23H,8-11,13-14H2,(H,26,27). The van der Waals surface area contributed by atoms with Gasteiger partial charge in [-0.25, -0.2) is 0 Å². The van der Waals surface area contributed by atoms with E-state index in [1.807, 2.05) is 10.7 Å². The van der Waals surface area contributed by atoms with Gasteiger partial charge in [-0.05, 0) is 42.7 Å². The van der Waals surface area contributed by atoms with Crippen molar-refractivity contribution >= 4 is 17.3 Å². The Morgan fingerprint density at radius 3 is 2.61 bits per heavy atom. The molecular weight excluding hydrogens is 370 g/mol. The fourth-order valence-electron chi connectivity index (χ4n) is 3.86. The number of aromatic nitrogens is 2. The molecule has 5 nitrogen and oxygen atoms in total. The van der Waals surface area contributed by atoms with Crippen LogP contribution in [0.1, 0.15) is 36.8 Å². The molecule has 0 atom stereocenters. The lowest BCUT2D eigenvalue weighted by atomic mass is 9.86. The monoisotopic (exact) mass is 395 g/mol. The maximum Gasteiger partial charge on any atom is 0.306 e. The smallest absolute Gasteiger partial charge is 0.306 e. The zero-order chi connectivity index (χ0) is 19.3. The van der Waals surface area contributed by atoms with Gasteiger partial charge in [0.05, 0.1) is 17.3 Å². The average molecular weight is 396 g/mol. The van der Waals surface area contributed by atoms with E-state index in [1.165, 1.54) is 16.0 Å². The molecule has 1 aliphatic rings. The number of hydrogen-bond acceptors (Lipinski definition) is 4. The minimum Gasteiger partial charge on any atom is -0.481 e. The van der Waals surface area contributed by atoms with Crippen LogP contribution in [-0.4, -0.2) is 26.9 Å². The van der Waals surface area contributed by atoms with Gasteiger partial charge in [0.15, 0.2) is 0 Å². The molecule has 0 aliphatic heterocycles. The summed E-state index contributed by atoms with van der Waals surface area (Å²) in [6.07, 6.45) is 5.50. The van der Waals surface area contributed by atoms with Gasteiger partial charge in [0.1, 0.15) is 5.69 Å². The van der Waals surface area contributed by atoms with Gasteiger partial charge in [-0.3, -0.25) is 9.48 Å². The Morgan fingerprint density at radius 1 is 1.14 bits per heavy atom. The second-order valence-corrected chi connectivity index (χ2v) is 8.38. The molecule has 2 heterocycles. The number of hydrogen-bond donors (Lipinski definition) is 2. The third kappa shape index (κ3) is 4.51. The second kappa shape index (κ2) is 8.71. The summed E-state index contributed by atoms with van der Waals surface area (Å²) < 4.78 is 2.02. The molecule has 0 spiro atoms. The van der Waals surface area contributed by atoms with Crippen LogP contribution in [0.3, 0.4) is 0 Å². The van der Waals surface area contributed by atoms with E-state index in [1.54, 1.807) is 11.3 Å². The molecule has 2 N–H and O–H groups in total. The first-order valence-electron chi connectivity index (χ1n) is 9.79. The normalized spacial score (nSPS) is 19.6. The van der Waals surface area contributed by atoms with Crippen molar-refractivity contribution in [1.29, 1.82) is 0 Å². The van der Waals surface area contributed by atoms with Crippen molar-refractivity contribution in [3.05, 3.63) is 65.2 Å². The second-order valence-electron chi connectivity index (χ2n) is 7.43. The first-order valence-corrected chi connectivity index (χ1v) is 10.7. The van der Waals surface area contributed by atoms with Crippen molar-refractivity contribution < 1.29 is 9.90 Å². The largest absolute Gasteiger partial charge is 0.481 e. The summed E-state index contributed by atoms with van der Waals surface area (Å²) in [6.45, 7) is 1.51. The van der Waals surface area contributed by atoms with Crippen LogP contribution in [0.5, 0.6) is 0 Å². The molecule has 146 valence electrons. The molecular formula is C22H25N3O2S. The Kier molecular flexibility index (Phi) is 5.88. The lowest BCUT2D eigenvalue weighted by Crippen LogP contribution is -2.34.